The number of nitrogens with one attached hydrogen (secondary N) is 1. The topological polar surface area (TPSA) is 52.0 Å². The molecule has 104 valence electrons. The minimum Gasteiger partial charge on any atom is -0.496 e. The van der Waals surface area contributed by atoms with Crippen LogP contribution in [0.3, 0.4) is 0 Å². The molecule has 0 aliphatic rings. The Bertz CT molecular complexity index is 508. The average Bonchev–Trinajstić information content (AvgIpc) is 3.03. The molecule has 19 heavy (non-hydrogen) atoms. The molecule has 5 nitrogen and oxygen atoms in total. The average molecular weight is 280 g/mol. The van der Waals surface area contributed by atoms with E-state index < -0.39 is 0 Å². The van der Waals surface area contributed by atoms with Crippen LogP contribution in [0.2, 0.25) is 0 Å². The van der Waals surface area contributed by atoms with Crippen LogP contribution in [0.25, 0.3) is 0 Å². The Morgan fingerprint density at radius 3 is 3.00 bits per heavy atom. The smallest absolute Gasteiger partial charge is 0.134 e. The Morgan fingerprint density at radius 2 is 2.37 bits per heavy atom. The summed E-state index contributed by atoms with van der Waals surface area (Å²) >= 11 is 1.72. The van der Waals surface area contributed by atoms with Gasteiger partial charge in [0, 0.05) is 19.7 Å². The minimum absolute atomic E-state index is 0.228. The Kier molecular flexibility index (Phi) is 4.93. The molecule has 2 aromatic rings. The highest BCUT2D eigenvalue weighted by Gasteiger charge is 2.18. The molecule has 1 unspecified atom stereocenters. The van der Waals surface area contributed by atoms with Crippen molar-refractivity contribution >= 4 is 11.3 Å². The zero-order valence-electron chi connectivity index (χ0n) is 11.6. The monoisotopic (exact) mass is 280 g/mol. The predicted octanol–water partition coefficient (Wildman–Crippen LogP) is 2.17. The fraction of sp³-hybridized carbons (Fsp3) is 0.538. The molecule has 6 heteroatoms. The van der Waals surface area contributed by atoms with E-state index in [0.29, 0.717) is 0 Å². The van der Waals surface area contributed by atoms with Crippen LogP contribution in [0, 0.1) is 0 Å². The second-order valence-corrected chi connectivity index (χ2v) is 5.40. The number of methoxy groups -OCH3 is 1. The lowest BCUT2D eigenvalue weighted by Gasteiger charge is -2.17. The molecule has 1 atom stereocenters. The molecule has 0 radical (unpaired) electrons. The van der Waals surface area contributed by atoms with E-state index in [-0.39, 0.29) is 6.04 Å². The number of hydrogen-bond acceptors (Lipinski definition) is 5. The zero-order chi connectivity index (χ0) is 13.7. The lowest BCUT2D eigenvalue weighted by molar-refractivity contribution is 0.402. The van der Waals surface area contributed by atoms with Gasteiger partial charge in [0.05, 0.1) is 23.7 Å². The summed E-state index contributed by atoms with van der Waals surface area (Å²) in [7, 11) is 3.60. The van der Waals surface area contributed by atoms with Crippen molar-refractivity contribution in [1.29, 1.82) is 0 Å². The molecule has 0 spiro atoms. The van der Waals surface area contributed by atoms with E-state index in [1.165, 1.54) is 4.88 Å². The summed E-state index contributed by atoms with van der Waals surface area (Å²) in [5.74, 6) is 0.947. The van der Waals surface area contributed by atoms with E-state index in [4.69, 9.17) is 4.74 Å². The van der Waals surface area contributed by atoms with Gasteiger partial charge < -0.3 is 10.1 Å². The summed E-state index contributed by atoms with van der Waals surface area (Å²) in [6, 6.07) is 2.24. The first-order chi connectivity index (χ1) is 9.24. The molecule has 2 aromatic heterocycles. The van der Waals surface area contributed by atoms with Crippen LogP contribution in [-0.4, -0.2) is 28.6 Å². The van der Waals surface area contributed by atoms with E-state index >= 15 is 0 Å². The third-order valence-corrected chi connectivity index (χ3v) is 3.91. The second kappa shape index (κ2) is 6.68. The number of ether oxygens (including phenoxy) is 1. The van der Waals surface area contributed by atoms with E-state index in [1.807, 2.05) is 19.3 Å². The molecule has 0 bridgehead atoms. The standard InChI is InChI=1S/C13H20N4OS/c1-4-6-14-11(8-10-9-17(2)16-15-10)13-12(18-3)5-7-19-13/h5,7,9,11,14H,4,6,8H2,1-3H3. The normalized spacial score (nSPS) is 12.6. The Morgan fingerprint density at radius 1 is 1.53 bits per heavy atom. The largest absolute Gasteiger partial charge is 0.496 e. The summed E-state index contributed by atoms with van der Waals surface area (Å²) in [5, 5.41) is 13.8. The van der Waals surface area contributed by atoms with Crippen molar-refractivity contribution in [3.8, 4) is 5.75 Å². The zero-order valence-corrected chi connectivity index (χ0v) is 12.4. The Balaban J connectivity index is 2.15. The predicted molar refractivity (Wildman–Crippen MR) is 76.6 cm³/mol. The highest BCUT2D eigenvalue weighted by molar-refractivity contribution is 7.10. The van der Waals surface area contributed by atoms with Gasteiger partial charge in [0.25, 0.3) is 0 Å². The first-order valence-electron chi connectivity index (χ1n) is 6.44. The molecular formula is C13H20N4OS. The number of rotatable bonds is 7. The molecule has 0 aromatic carbocycles. The maximum atomic E-state index is 5.42. The summed E-state index contributed by atoms with van der Waals surface area (Å²) in [6.45, 7) is 3.14. The van der Waals surface area contributed by atoms with Gasteiger partial charge in [0.2, 0.25) is 0 Å². The van der Waals surface area contributed by atoms with Crippen LogP contribution in [0.4, 0.5) is 0 Å². The van der Waals surface area contributed by atoms with Gasteiger partial charge in [0.15, 0.2) is 0 Å². The van der Waals surface area contributed by atoms with Gasteiger partial charge in [-0.3, -0.25) is 4.68 Å². The second-order valence-electron chi connectivity index (χ2n) is 4.45. The summed E-state index contributed by atoms with van der Waals surface area (Å²) in [4.78, 5) is 1.22. The molecule has 1 N–H and O–H groups in total. The van der Waals surface area contributed by atoms with Crippen LogP contribution in [0.15, 0.2) is 17.6 Å². The number of hydrogen-bond donors (Lipinski definition) is 1. The van der Waals surface area contributed by atoms with Crippen molar-refractivity contribution < 1.29 is 4.74 Å². The molecule has 0 aliphatic heterocycles. The van der Waals surface area contributed by atoms with Crippen molar-refractivity contribution in [2.75, 3.05) is 13.7 Å². The minimum atomic E-state index is 0.228. The van der Waals surface area contributed by atoms with Gasteiger partial charge in [-0.25, -0.2) is 0 Å². The Hall–Kier alpha value is -1.40. The van der Waals surface area contributed by atoms with Crippen molar-refractivity contribution in [2.24, 2.45) is 7.05 Å². The fourth-order valence-corrected chi connectivity index (χ4v) is 2.94. The third-order valence-electron chi connectivity index (χ3n) is 2.90. The van der Waals surface area contributed by atoms with E-state index in [1.54, 1.807) is 23.1 Å². The number of aromatic nitrogens is 3. The fourth-order valence-electron chi connectivity index (χ4n) is 2.01. The van der Waals surface area contributed by atoms with Gasteiger partial charge >= 0.3 is 0 Å². The van der Waals surface area contributed by atoms with Crippen LogP contribution >= 0.6 is 11.3 Å². The lowest BCUT2D eigenvalue weighted by Crippen LogP contribution is -2.23. The van der Waals surface area contributed by atoms with Gasteiger partial charge in [-0.1, -0.05) is 12.1 Å². The first-order valence-corrected chi connectivity index (χ1v) is 7.32. The molecular weight excluding hydrogens is 260 g/mol. The number of thiophene rings is 1. The number of nitrogens with zero attached hydrogens (tertiary/aromatic N) is 3. The molecule has 0 amide bonds. The highest BCUT2D eigenvalue weighted by atomic mass is 32.1. The number of aryl methyl sites for hydroxylation is 1. The maximum absolute atomic E-state index is 5.42. The maximum Gasteiger partial charge on any atom is 0.134 e. The van der Waals surface area contributed by atoms with Crippen molar-refractivity contribution in [1.82, 2.24) is 20.3 Å². The van der Waals surface area contributed by atoms with Crippen LogP contribution < -0.4 is 10.1 Å². The molecule has 0 aliphatic carbocycles. The van der Waals surface area contributed by atoms with E-state index in [0.717, 1.165) is 30.8 Å². The highest BCUT2D eigenvalue weighted by Crippen LogP contribution is 2.32. The van der Waals surface area contributed by atoms with Crippen LogP contribution in [0.1, 0.15) is 30.0 Å². The van der Waals surface area contributed by atoms with Crippen molar-refractivity contribution in [3.05, 3.63) is 28.2 Å². The SMILES string of the molecule is CCCNC(Cc1cn(C)nn1)c1sccc1OC. The third kappa shape index (κ3) is 3.54. The van der Waals surface area contributed by atoms with Gasteiger partial charge in [0.1, 0.15) is 5.75 Å². The molecule has 0 fully saturated rings. The molecule has 2 rings (SSSR count). The quantitative estimate of drug-likeness (QED) is 0.844. The molecule has 0 saturated heterocycles. The van der Waals surface area contributed by atoms with Gasteiger partial charge in [-0.15, -0.1) is 16.4 Å². The van der Waals surface area contributed by atoms with Crippen LogP contribution in [-0.2, 0) is 13.5 Å². The van der Waals surface area contributed by atoms with Crippen LogP contribution in [0.5, 0.6) is 5.75 Å². The summed E-state index contributed by atoms with van der Waals surface area (Å²) in [5.41, 5.74) is 0.992. The van der Waals surface area contributed by atoms with E-state index in [9.17, 15) is 0 Å². The molecule has 0 saturated carbocycles. The van der Waals surface area contributed by atoms with Crippen molar-refractivity contribution in [3.63, 3.8) is 0 Å². The Labute approximate surface area is 117 Å². The van der Waals surface area contributed by atoms with Gasteiger partial charge in [-0.05, 0) is 24.4 Å². The van der Waals surface area contributed by atoms with Crippen molar-refractivity contribution in [2.45, 2.75) is 25.8 Å². The lowest BCUT2D eigenvalue weighted by atomic mass is 10.1. The summed E-state index contributed by atoms with van der Waals surface area (Å²) in [6.07, 6.45) is 3.89. The molecule has 2 heterocycles. The first kappa shape index (κ1) is 14.0. The van der Waals surface area contributed by atoms with E-state index in [2.05, 4.69) is 27.9 Å². The van der Waals surface area contributed by atoms with Gasteiger partial charge in [-0.2, -0.15) is 0 Å². The summed E-state index contributed by atoms with van der Waals surface area (Å²) < 4.78 is 7.15.